The number of hydrogen-bond donors (Lipinski definition) is 11. The third-order valence-electron chi connectivity index (χ3n) is 14.1. The molecule has 29 nitrogen and oxygen atoms in total. The molecule has 3 aliphatic heterocycles. The zero-order chi connectivity index (χ0) is 53.2. The number of aliphatic hydroxyl groups excluding tert-OH is 4. The zero-order valence-corrected chi connectivity index (χ0v) is 42.7. The number of carbonyl (C=O) groups excluding carboxylic acids is 3. The number of nitrogens with zero attached hydrogens (tertiary/aromatic N) is 13. The van der Waals surface area contributed by atoms with E-state index in [1.165, 1.54) is 21.8 Å². The molecule has 0 bridgehead atoms. The second-order valence-electron chi connectivity index (χ2n) is 19.7. The summed E-state index contributed by atoms with van der Waals surface area (Å²) in [5.41, 5.74) is 3.16. The third-order valence-corrected chi connectivity index (χ3v) is 14.1. The first-order chi connectivity index (χ1) is 36.7. The van der Waals surface area contributed by atoms with Gasteiger partial charge in [-0.05, 0) is 46.0 Å². The molecule has 11 N–H and O–H groups in total. The second kappa shape index (κ2) is 22.5. The number of hydrogen-bond acceptors (Lipinski definition) is 21. The number of rotatable bonds is 19. The molecule has 0 spiro atoms. The Morgan fingerprint density at radius 3 is 1.54 bits per heavy atom. The average Bonchev–Trinajstić information content (AvgIpc) is 4.31. The standard InChI is InChI=1S/C47H66N20O9/c1-5-48-41(72)35-31(68)33(70)43(75-35)66-22-54-29-37(59-45(61-39(29)66)50-14-11-26-17-63(3)20-52-26)56-24-7-9-25(10-8-24)58-47(74)65-16-13-28(19-65)57-38-30-40(62-46(60-38)51-15-12-27-18-64(4)21-53-27)67(23-55-30)44-34(71)32(69)36(76-44)42(73)49-6-2/h17-18,20-25,28,31-36,43-44,68-71H,5-16,19H2,1-4H3,(H,48,72)(H,49,73)(H,58,74)(H2,50,56,59,61)(H2,51,57,60,62)/t24-,25-,28-,31+,32+,33-,34-,35+,36+,43-,44-/m1/s1. The Hall–Kier alpha value is -7.31. The van der Waals surface area contributed by atoms with Gasteiger partial charge in [-0.25, -0.2) is 24.7 Å². The van der Waals surface area contributed by atoms with Crippen LogP contribution in [0.2, 0.25) is 0 Å². The Labute approximate surface area is 435 Å². The number of anilines is 4. The van der Waals surface area contributed by atoms with E-state index in [0.717, 1.165) is 11.4 Å². The van der Waals surface area contributed by atoms with E-state index in [4.69, 9.17) is 29.4 Å². The van der Waals surface area contributed by atoms with E-state index in [2.05, 4.69) is 57.2 Å². The molecule has 0 aromatic carbocycles. The first-order valence-corrected chi connectivity index (χ1v) is 25.8. The molecule has 1 saturated carbocycles. The highest BCUT2D eigenvalue weighted by atomic mass is 16.6. The van der Waals surface area contributed by atoms with E-state index in [0.29, 0.717) is 124 Å². The Morgan fingerprint density at radius 1 is 0.605 bits per heavy atom. The van der Waals surface area contributed by atoms with Crippen LogP contribution in [0, 0.1) is 0 Å². The fourth-order valence-electron chi connectivity index (χ4n) is 10.2. The van der Waals surface area contributed by atoms with Crippen LogP contribution in [0.4, 0.5) is 28.3 Å². The molecule has 76 heavy (non-hydrogen) atoms. The quantitative estimate of drug-likeness (QED) is 0.0457. The molecule has 9 heterocycles. The number of ether oxygens (including phenoxy) is 2. The molecule has 4 amide bonds. The normalized spacial score (nSPS) is 26.5. The maximum absolute atomic E-state index is 13.8. The highest BCUT2D eigenvalue weighted by Gasteiger charge is 2.49. The van der Waals surface area contributed by atoms with E-state index < -0.39 is 60.9 Å². The number of amides is 4. The Kier molecular flexibility index (Phi) is 15.4. The van der Waals surface area contributed by atoms with Crippen LogP contribution in [0.1, 0.15) is 69.8 Å². The topological polar surface area (TPSA) is 361 Å². The van der Waals surface area contributed by atoms with Gasteiger partial charge in [0.2, 0.25) is 11.9 Å². The van der Waals surface area contributed by atoms with Crippen LogP contribution in [0.5, 0.6) is 0 Å². The van der Waals surface area contributed by atoms with Crippen LogP contribution < -0.4 is 37.2 Å². The lowest BCUT2D eigenvalue weighted by atomic mass is 9.91. The number of nitrogens with one attached hydrogen (secondary N) is 7. The highest BCUT2D eigenvalue weighted by Crippen LogP contribution is 2.36. The zero-order valence-electron chi connectivity index (χ0n) is 42.7. The summed E-state index contributed by atoms with van der Waals surface area (Å²) < 4.78 is 18.6. The van der Waals surface area contributed by atoms with Gasteiger partial charge in [-0.1, -0.05) is 0 Å². The molecule has 6 aromatic heterocycles. The number of aliphatic hydroxyl groups is 4. The molecule has 1 aliphatic carbocycles. The van der Waals surface area contributed by atoms with Crippen LogP contribution in [0.15, 0.2) is 37.7 Å². The highest BCUT2D eigenvalue weighted by molar-refractivity contribution is 5.86. The summed E-state index contributed by atoms with van der Waals surface area (Å²) in [6.45, 7) is 5.92. The predicted molar refractivity (Wildman–Crippen MR) is 272 cm³/mol. The van der Waals surface area contributed by atoms with E-state index in [-0.39, 0.29) is 30.1 Å². The van der Waals surface area contributed by atoms with Gasteiger partial charge in [-0.3, -0.25) is 18.7 Å². The van der Waals surface area contributed by atoms with Crippen molar-refractivity contribution in [3.63, 3.8) is 0 Å². The van der Waals surface area contributed by atoms with Crippen molar-refractivity contribution in [3.05, 3.63) is 49.1 Å². The van der Waals surface area contributed by atoms with Gasteiger partial charge in [0.25, 0.3) is 11.8 Å². The van der Waals surface area contributed by atoms with Crippen LogP contribution >= 0.6 is 0 Å². The molecular weight excluding hydrogens is 989 g/mol. The van der Waals surface area contributed by atoms with Gasteiger partial charge in [-0.2, -0.15) is 19.9 Å². The number of likely N-dealkylation sites (N-methyl/N-ethyl adjacent to an activating group) is 2. The van der Waals surface area contributed by atoms with Crippen molar-refractivity contribution in [2.24, 2.45) is 14.1 Å². The van der Waals surface area contributed by atoms with Crippen LogP contribution in [-0.2, 0) is 46.0 Å². The number of urea groups is 1. The summed E-state index contributed by atoms with van der Waals surface area (Å²) in [5.74, 6) is 0.311. The van der Waals surface area contributed by atoms with Gasteiger partial charge in [0.15, 0.2) is 58.6 Å². The lowest BCUT2D eigenvalue weighted by molar-refractivity contribution is -0.138. The first-order valence-electron chi connectivity index (χ1n) is 25.8. The average molecular weight is 1060 g/mol. The number of likely N-dealkylation sites (tertiary alicyclic amines) is 1. The fourth-order valence-corrected chi connectivity index (χ4v) is 10.2. The lowest BCUT2D eigenvalue weighted by Crippen LogP contribution is -2.46. The smallest absolute Gasteiger partial charge is 0.317 e. The molecule has 9 atom stereocenters. The summed E-state index contributed by atoms with van der Waals surface area (Å²) in [6.07, 6.45) is 3.99. The van der Waals surface area contributed by atoms with Crippen molar-refractivity contribution < 1.29 is 44.3 Å². The summed E-state index contributed by atoms with van der Waals surface area (Å²) in [6, 6.07) is -0.498. The van der Waals surface area contributed by atoms with E-state index in [1.807, 2.05) is 35.6 Å². The van der Waals surface area contributed by atoms with E-state index >= 15 is 0 Å². The van der Waals surface area contributed by atoms with Crippen molar-refractivity contribution >= 4 is 63.7 Å². The Balaban J connectivity index is 0.782. The second-order valence-corrected chi connectivity index (χ2v) is 19.7. The number of fused-ring (bicyclic) bond motifs is 2. The van der Waals surface area contributed by atoms with Crippen LogP contribution in [0.25, 0.3) is 22.3 Å². The summed E-state index contributed by atoms with van der Waals surface area (Å²) in [7, 11) is 3.80. The van der Waals surface area contributed by atoms with Crippen molar-refractivity contribution in [2.45, 2.75) is 126 Å². The van der Waals surface area contributed by atoms with Crippen molar-refractivity contribution in [1.82, 2.24) is 79.0 Å². The summed E-state index contributed by atoms with van der Waals surface area (Å²) in [4.78, 5) is 78.1. The Bertz CT molecular complexity index is 3010. The molecule has 4 fully saturated rings. The van der Waals surface area contributed by atoms with E-state index in [9.17, 15) is 34.8 Å². The number of imidazole rings is 4. The number of aryl methyl sites for hydroxylation is 2. The molecular formula is C47H66N20O9. The fraction of sp³-hybridized carbons (Fsp3) is 0.596. The molecule has 408 valence electrons. The van der Waals surface area contributed by atoms with E-state index in [1.54, 1.807) is 31.4 Å². The Morgan fingerprint density at radius 2 is 1.08 bits per heavy atom. The molecule has 0 radical (unpaired) electrons. The molecule has 0 unspecified atom stereocenters. The first kappa shape index (κ1) is 52.1. The minimum Gasteiger partial charge on any atom is -0.387 e. The monoisotopic (exact) mass is 1050 g/mol. The molecule has 29 heteroatoms. The maximum Gasteiger partial charge on any atom is 0.317 e. The largest absolute Gasteiger partial charge is 0.387 e. The lowest BCUT2D eigenvalue weighted by Gasteiger charge is -2.31. The van der Waals surface area contributed by atoms with Gasteiger partial charge in [0.05, 0.1) is 36.7 Å². The number of aromatic nitrogens is 12. The SMILES string of the molecule is CCNC(=O)[C@H]1O[C@@H](n2cnc3c(N[C@@H]4CCN(C(=O)N[C@H]5CC[C@H](Nc6nc(NCCc7cn(C)cn7)nc7c6ncn7[C@@H]6O[C@H](C(=O)NCC)[C@@H](O)[C@H]6O)CC5)C4)nc(NCCc4cn(C)cn4)nc32)[C@H](O)[C@@H]1O. The van der Waals surface area contributed by atoms with Gasteiger partial charge in [0, 0.05) is 96.7 Å². The van der Waals surface area contributed by atoms with Gasteiger partial charge in [-0.15, -0.1) is 0 Å². The van der Waals surface area contributed by atoms with Crippen LogP contribution in [0.3, 0.4) is 0 Å². The van der Waals surface area contributed by atoms with Gasteiger partial charge >= 0.3 is 6.03 Å². The van der Waals surface area contributed by atoms with Crippen molar-refractivity contribution in [2.75, 3.05) is 60.5 Å². The third kappa shape index (κ3) is 11.0. The van der Waals surface area contributed by atoms with Crippen molar-refractivity contribution in [1.29, 1.82) is 0 Å². The minimum atomic E-state index is -1.49. The van der Waals surface area contributed by atoms with Gasteiger partial charge in [0.1, 0.15) is 24.4 Å². The maximum atomic E-state index is 13.8. The minimum absolute atomic E-state index is 0.0338. The molecule has 6 aromatic rings. The summed E-state index contributed by atoms with van der Waals surface area (Å²) >= 11 is 0. The molecule has 3 saturated heterocycles. The summed E-state index contributed by atoms with van der Waals surface area (Å²) in [5, 5.41) is 65.9. The number of carbonyl (C=O) groups is 3. The molecule has 4 aliphatic rings. The van der Waals surface area contributed by atoms with Crippen molar-refractivity contribution in [3.8, 4) is 0 Å². The van der Waals surface area contributed by atoms with Gasteiger partial charge < -0.3 is 81.2 Å². The molecule has 10 rings (SSSR count). The predicted octanol–water partition coefficient (Wildman–Crippen LogP) is -1.13. The van der Waals surface area contributed by atoms with Crippen LogP contribution in [-0.4, -0.2) is 195 Å².